The third-order valence-electron chi connectivity index (χ3n) is 4.83. The van der Waals surface area contributed by atoms with E-state index in [9.17, 15) is 9.59 Å². The number of hydrogen-bond acceptors (Lipinski definition) is 5. The monoisotopic (exact) mass is 518 g/mol. The maximum Gasteiger partial charge on any atom is 0.257 e. The molecule has 0 bridgehead atoms. The summed E-state index contributed by atoms with van der Waals surface area (Å²) in [6, 6.07) is 17.2. The topological polar surface area (TPSA) is 76.7 Å². The van der Waals surface area contributed by atoms with Crippen LogP contribution in [0.4, 0.5) is 11.4 Å². The molecule has 3 aromatic carbocycles. The molecule has 0 saturated carbocycles. The van der Waals surface area contributed by atoms with Gasteiger partial charge in [0.2, 0.25) is 5.91 Å². The highest BCUT2D eigenvalue weighted by Gasteiger charge is 2.19. The van der Waals surface area contributed by atoms with Crippen molar-refractivity contribution in [1.29, 1.82) is 0 Å². The molecule has 1 atom stereocenters. The van der Waals surface area contributed by atoms with Gasteiger partial charge in [0.1, 0.15) is 11.5 Å². The molecule has 2 amide bonds. The van der Waals surface area contributed by atoms with Gasteiger partial charge in [-0.25, -0.2) is 0 Å². The molecule has 0 aliphatic carbocycles. The summed E-state index contributed by atoms with van der Waals surface area (Å²) in [5, 5.41) is 6.14. The number of ether oxygens (including phenoxy) is 2. The third-order valence-corrected chi connectivity index (χ3v) is 6.73. The van der Waals surface area contributed by atoms with Crippen LogP contribution in [0.1, 0.15) is 23.7 Å². The second-order valence-corrected chi connectivity index (χ2v) is 9.33. The Kier molecular flexibility index (Phi) is 9.10. The zero-order valence-electron chi connectivity index (χ0n) is 18.9. The fraction of sp³-hybridized carbons (Fsp3) is 0.200. The number of amides is 2. The standard InChI is InChI=1S/C25H24Cl2N2O4S/c1-4-23(25(31)29-17-11-18(32-2)14-19(12-17)33-3)34-20-7-5-6-16(13-20)28-24(30)21-9-8-15(26)10-22(21)27/h5-14,23H,4H2,1-3H3,(H,28,30)(H,29,31). The lowest BCUT2D eigenvalue weighted by molar-refractivity contribution is -0.115. The zero-order valence-corrected chi connectivity index (χ0v) is 21.2. The van der Waals surface area contributed by atoms with E-state index in [1.165, 1.54) is 17.8 Å². The van der Waals surface area contributed by atoms with Crippen molar-refractivity contribution < 1.29 is 19.1 Å². The van der Waals surface area contributed by atoms with Gasteiger partial charge >= 0.3 is 0 Å². The first-order chi connectivity index (χ1) is 16.3. The van der Waals surface area contributed by atoms with E-state index in [1.807, 2.05) is 25.1 Å². The van der Waals surface area contributed by atoms with Gasteiger partial charge in [0.05, 0.1) is 30.1 Å². The molecule has 0 aromatic heterocycles. The van der Waals surface area contributed by atoms with E-state index < -0.39 is 0 Å². The maximum atomic E-state index is 13.0. The van der Waals surface area contributed by atoms with Crippen LogP contribution in [0.15, 0.2) is 65.6 Å². The van der Waals surface area contributed by atoms with Gasteiger partial charge in [-0.05, 0) is 42.8 Å². The number of carbonyl (C=O) groups is 2. The summed E-state index contributed by atoms with van der Waals surface area (Å²) in [5.74, 6) is 0.671. The average molecular weight is 519 g/mol. The lowest BCUT2D eigenvalue weighted by atomic mass is 10.2. The van der Waals surface area contributed by atoms with Crippen LogP contribution < -0.4 is 20.1 Å². The molecule has 34 heavy (non-hydrogen) atoms. The van der Waals surface area contributed by atoms with Crippen LogP contribution in [0.3, 0.4) is 0 Å². The molecule has 1 unspecified atom stereocenters. The summed E-state index contributed by atoms with van der Waals surface area (Å²) >= 11 is 13.5. The first kappa shape index (κ1) is 25.7. The Morgan fingerprint density at radius 1 is 0.912 bits per heavy atom. The minimum absolute atomic E-state index is 0.148. The molecule has 6 nitrogen and oxygen atoms in total. The van der Waals surface area contributed by atoms with Crippen molar-refractivity contribution in [3.8, 4) is 11.5 Å². The van der Waals surface area contributed by atoms with Crippen molar-refractivity contribution in [3.63, 3.8) is 0 Å². The Morgan fingerprint density at radius 3 is 2.24 bits per heavy atom. The molecule has 0 aliphatic heterocycles. The summed E-state index contributed by atoms with van der Waals surface area (Å²) in [4.78, 5) is 26.4. The van der Waals surface area contributed by atoms with Crippen molar-refractivity contribution in [1.82, 2.24) is 0 Å². The molecule has 3 rings (SSSR count). The number of hydrogen-bond donors (Lipinski definition) is 2. The van der Waals surface area contributed by atoms with Gasteiger partial charge in [0, 0.05) is 39.5 Å². The summed E-state index contributed by atoms with van der Waals surface area (Å²) in [6.45, 7) is 1.94. The molecule has 0 saturated heterocycles. The van der Waals surface area contributed by atoms with E-state index in [-0.39, 0.29) is 22.1 Å². The first-order valence-electron chi connectivity index (χ1n) is 10.4. The van der Waals surface area contributed by atoms with Crippen LogP contribution >= 0.6 is 35.0 Å². The van der Waals surface area contributed by atoms with E-state index in [1.54, 1.807) is 50.6 Å². The molecule has 178 valence electrons. The Morgan fingerprint density at radius 2 is 1.62 bits per heavy atom. The van der Waals surface area contributed by atoms with Gasteiger partial charge in [0.15, 0.2) is 0 Å². The molecule has 9 heteroatoms. The summed E-state index contributed by atoms with van der Waals surface area (Å²) in [7, 11) is 3.11. The SMILES string of the molecule is CCC(Sc1cccc(NC(=O)c2ccc(Cl)cc2Cl)c1)C(=O)Nc1cc(OC)cc(OC)c1. The van der Waals surface area contributed by atoms with Gasteiger partial charge in [-0.3, -0.25) is 9.59 Å². The molecule has 2 N–H and O–H groups in total. The third kappa shape index (κ3) is 6.82. The molecule has 3 aromatic rings. The van der Waals surface area contributed by atoms with Crippen LogP contribution in [0.2, 0.25) is 10.0 Å². The van der Waals surface area contributed by atoms with Crippen molar-refractivity contribution in [3.05, 3.63) is 76.3 Å². The van der Waals surface area contributed by atoms with E-state index >= 15 is 0 Å². The summed E-state index contributed by atoms with van der Waals surface area (Å²) in [6.07, 6.45) is 0.606. The van der Waals surface area contributed by atoms with Crippen molar-refractivity contribution in [2.24, 2.45) is 0 Å². The van der Waals surface area contributed by atoms with E-state index in [4.69, 9.17) is 32.7 Å². The number of halogens is 2. The van der Waals surface area contributed by atoms with Crippen molar-refractivity contribution in [2.45, 2.75) is 23.5 Å². The average Bonchev–Trinajstić information content (AvgIpc) is 2.82. The number of anilines is 2. The Labute approximate surface area is 212 Å². The minimum atomic E-state index is -0.353. The molecule has 0 fully saturated rings. The van der Waals surface area contributed by atoms with Gasteiger partial charge in [-0.1, -0.05) is 36.2 Å². The van der Waals surface area contributed by atoms with E-state index in [2.05, 4.69) is 10.6 Å². The Bertz CT molecular complexity index is 1170. The van der Waals surface area contributed by atoms with Gasteiger partial charge < -0.3 is 20.1 Å². The molecule has 0 heterocycles. The molecule has 0 spiro atoms. The van der Waals surface area contributed by atoms with Gasteiger partial charge in [0.25, 0.3) is 5.91 Å². The van der Waals surface area contributed by atoms with Crippen LogP contribution in [-0.2, 0) is 4.79 Å². The molecular weight excluding hydrogens is 495 g/mol. The first-order valence-corrected chi connectivity index (χ1v) is 12.0. The number of benzene rings is 3. The maximum absolute atomic E-state index is 13.0. The highest BCUT2D eigenvalue weighted by atomic mass is 35.5. The molecule has 0 aliphatic rings. The van der Waals surface area contributed by atoms with Gasteiger partial charge in [-0.2, -0.15) is 0 Å². The largest absolute Gasteiger partial charge is 0.497 e. The van der Waals surface area contributed by atoms with Crippen LogP contribution in [0.25, 0.3) is 0 Å². The second kappa shape index (κ2) is 12.0. The predicted molar refractivity (Wildman–Crippen MR) is 139 cm³/mol. The van der Waals surface area contributed by atoms with E-state index in [0.29, 0.717) is 39.9 Å². The summed E-state index contributed by atoms with van der Waals surface area (Å²) in [5.41, 5.74) is 1.50. The minimum Gasteiger partial charge on any atom is -0.497 e. The normalized spacial score (nSPS) is 11.4. The van der Waals surface area contributed by atoms with Crippen molar-refractivity contribution >= 4 is 58.2 Å². The second-order valence-electron chi connectivity index (χ2n) is 7.21. The van der Waals surface area contributed by atoms with Crippen LogP contribution in [0, 0.1) is 0 Å². The van der Waals surface area contributed by atoms with Crippen LogP contribution in [-0.4, -0.2) is 31.3 Å². The highest BCUT2D eigenvalue weighted by molar-refractivity contribution is 8.00. The number of thioether (sulfide) groups is 1. The number of methoxy groups -OCH3 is 2. The number of nitrogens with one attached hydrogen (secondary N) is 2. The quantitative estimate of drug-likeness (QED) is 0.305. The lowest BCUT2D eigenvalue weighted by Crippen LogP contribution is -2.24. The highest BCUT2D eigenvalue weighted by Crippen LogP contribution is 2.31. The van der Waals surface area contributed by atoms with Crippen LogP contribution in [0.5, 0.6) is 11.5 Å². The Hall–Kier alpha value is -2.87. The summed E-state index contributed by atoms with van der Waals surface area (Å²) < 4.78 is 10.5. The molecular formula is C25H24Cl2N2O4S. The Balaban J connectivity index is 1.70. The van der Waals surface area contributed by atoms with Gasteiger partial charge in [-0.15, -0.1) is 11.8 Å². The smallest absolute Gasteiger partial charge is 0.257 e. The zero-order chi connectivity index (χ0) is 24.7. The number of rotatable bonds is 9. The fourth-order valence-corrected chi connectivity index (χ4v) is 4.62. The number of carbonyl (C=O) groups excluding carboxylic acids is 2. The predicted octanol–water partition coefficient (Wildman–Crippen LogP) is 6.77. The van der Waals surface area contributed by atoms with Crippen molar-refractivity contribution in [2.75, 3.05) is 24.9 Å². The fourth-order valence-electron chi connectivity index (χ4n) is 3.11. The lowest BCUT2D eigenvalue weighted by Gasteiger charge is -2.16. The van der Waals surface area contributed by atoms with E-state index in [0.717, 1.165) is 4.90 Å². The molecule has 0 radical (unpaired) electrons.